The van der Waals surface area contributed by atoms with E-state index in [1.807, 2.05) is 6.92 Å². The SMILES string of the molecule is C=CC(=O)OCCCCOC(=O)Oc1ccc2cc(C(=O)Oc3ccc(C(=O)O[C@@H]4COC5C4OC[C@H]5C)cc3)ccc2c1. The Balaban J connectivity index is 1.09. The van der Waals surface area contributed by atoms with E-state index in [1.165, 1.54) is 24.3 Å². The van der Waals surface area contributed by atoms with Gasteiger partial charge in [0.1, 0.15) is 17.6 Å². The first kappa shape index (κ1) is 30.7. The smallest absolute Gasteiger partial charge is 0.463 e. The van der Waals surface area contributed by atoms with Crippen molar-refractivity contribution >= 4 is 34.8 Å². The van der Waals surface area contributed by atoms with Gasteiger partial charge in [0, 0.05) is 12.0 Å². The van der Waals surface area contributed by atoms with Crippen LogP contribution in [0.4, 0.5) is 4.79 Å². The second-order valence-corrected chi connectivity index (χ2v) is 10.4. The first-order valence-electron chi connectivity index (χ1n) is 14.2. The molecule has 2 saturated heterocycles. The van der Waals surface area contributed by atoms with Crippen molar-refractivity contribution in [3.05, 3.63) is 84.4 Å². The molecule has 2 unspecified atom stereocenters. The van der Waals surface area contributed by atoms with Crippen LogP contribution in [-0.4, -0.2) is 68.8 Å². The van der Waals surface area contributed by atoms with E-state index in [1.54, 1.807) is 36.4 Å². The van der Waals surface area contributed by atoms with Crippen molar-refractivity contribution in [1.82, 2.24) is 0 Å². The number of ether oxygens (including phenoxy) is 7. The monoisotopic (exact) mass is 604 g/mol. The van der Waals surface area contributed by atoms with E-state index < -0.39 is 30.2 Å². The number of hydrogen-bond acceptors (Lipinski definition) is 11. The van der Waals surface area contributed by atoms with E-state index in [0.717, 1.165) is 16.8 Å². The van der Waals surface area contributed by atoms with E-state index in [9.17, 15) is 19.2 Å². The van der Waals surface area contributed by atoms with Crippen LogP contribution in [0, 0.1) is 5.92 Å². The lowest BCUT2D eigenvalue weighted by Crippen LogP contribution is -2.32. The molecule has 4 atom stereocenters. The predicted octanol–water partition coefficient (Wildman–Crippen LogP) is 5.04. The molecule has 0 aromatic heterocycles. The minimum atomic E-state index is -0.856. The molecular formula is C33H32O11. The van der Waals surface area contributed by atoms with Gasteiger partial charge in [-0.15, -0.1) is 0 Å². The largest absolute Gasteiger partial charge is 0.513 e. The van der Waals surface area contributed by atoms with Crippen molar-refractivity contribution in [2.24, 2.45) is 5.92 Å². The highest BCUT2D eigenvalue weighted by Crippen LogP contribution is 2.32. The van der Waals surface area contributed by atoms with Gasteiger partial charge in [-0.1, -0.05) is 25.6 Å². The topological polar surface area (TPSA) is 133 Å². The molecule has 3 aromatic carbocycles. The molecule has 44 heavy (non-hydrogen) atoms. The molecule has 0 saturated carbocycles. The summed E-state index contributed by atoms with van der Waals surface area (Å²) in [6.07, 6.45) is 0.479. The standard InChI is InChI=1S/C33H32O11/c1-3-28(34)38-14-4-5-15-39-33(37)43-26-13-10-22-16-24(7-6-23(22)17-26)32(36)42-25-11-8-21(9-12-25)31(35)44-27-19-41-29-20(2)18-40-30(27)29/h3,6-13,16-17,20,27,29-30H,1,4-5,14-15,18-19H2,2H3/t20-,27-,29?,30?/m1/s1. The normalized spacial score (nSPS) is 20.4. The van der Waals surface area contributed by atoms with Gasteiger partial charge in [0.05, 0.1) is 43.7 Å². The summed E-state index contributed by atoms with van der Waals surface area (Å²) in [5.41, 5.74) is 0.632. The molecule has 0 amide bonds. The summed E-state index contributed by atoms with van der Waals surface area (Å²) in [6.45, 7) is 6.55. The molecule has 5 rings (SSSR count). The number of esters is 3. The molecule has 3 aromatic rings. The maximum atomic E-state index is 12.8. The quantitative estimate of drug-likeness (QED) is 0.0728. The first-order chi connectivity index (χ1) is 21.3. The average Bonchev–Trinajstić information content (AvgIpc) is 3.61. The van der Waals surface area contributed by atoms with Gasteiger partial charge in [0.25, 0.3) is 0 Å². The van der Waals surface area contributed by atoms with Crippen LogP contribution in [0.3, 0.4) is 0 Å². The van der Waals surface area contributed by atoms with Gasteiger partial charge in [0.15, 0.2) is 6.10 Å². The van der Waals surface area contributed by atoms with Crippen molar-refractivity contribution < 1.29 is 52.3 Å². The Bertz CT molecular complexity index is 1530. The average molecular weight is 605 g/mol. The van der Waals surface area contributed by atoms with Gasteiger partial charge in [-0.3, -0.25) is 0 Å². The van der Waals surface area contributed by atoms with Gasteiger partial charge in [0.2, 0.25) is 0 Å². The number of unbranched alkanes of at least 4 members (excludes halogenated alkanes) is 1. The third-order valence-corrected chi connectivity index (χ3v) is 7.23. The van der Waals surface area contributed by atoms with E-state index in [-0.39, 0.29) is 42.8 Å². The minimum Gasteiger partial charge on any atom is -0.463 e. The second kappa shape index (κ2) is 14.2. The Hall–Kier alpha value is -4.74. The van der Waals surface area contributed by atoms with Crippen molar-refractivity contribution in [3.63, 3.8) is 0 Å². The number of hydrogen-bond donors (Lipinski definition) is 0. The Morgan fingerprint density at radius 2 is 1.43 bits per heavy atom. The van der Waals surface area contributed by atoms with Crippen LogP contribution in [-0.2, 0) is 28.5 Å². The molecular weight excluding hydrogens is 572 g/mol. The van der Waals surface area contributed by atoms with E-state index in [4.69, 9.17) is 33.2 Å². The lowest BCUT2D eigenvalue weighted by Gasteiger charge is -2.16. The zero-order valence-electron chi connectivity index (χ0n) is 24.1. The van der Waals surface area contributed by atoms with Crippen LogP contribution >= 0.6 is 0 Å². The summed E-state index contributed by atoms with van der Waals surface area (Å²) in [4.78, 5) is 48.4. The molecule has 0 N–H and O–H groups in total. The number of carbonyl (C=O) groups excluding carboxylic acids is 4. The maximum absolute atomic E-state index is 12.8. The van der Waals surface area contributed by atoms with Crippen molar-refractivity contribution in [3.8, 4) is 11.5 Å². The Labute approximate surface area is 253 Å². The van der Waals surface area contributed by atoms with Crippen LogP contribution in [0.1, 0.15) is 40.5 Å². The van der Waals surface area contributed by atoms with E-state index >= 15 is 0 Å². The first-order valence-corrected chi connectivity index (χ1v) is 14.2. The van der Waals surface area contributed by atoms with Crippen LogP contribution < -0.4 is 9.47 Å². The van der Waals surface area contributed by atoms with Gasteiger partial charge in [-0.2, -0.15) is 0 Å². The Morgan fingerprint density at radius 1 is 0.773 bits per heavy atom. The van der Waals surface area contributed by atoms with Gasteiger partial charge >= 0.3 is 24.1 Å². The fourth-order valence-corrected chi connectivity index (χ4v) is 4.92. The second-order valence-electron chi connectivity index (χ2n) is 10.4. The summed E-state index contributed by atoms with van der Waals surface area (Å²) >= 11 is 0. The van der Waals surface area contributed by atoms with Crippen LogP contribution in [0.2, 0.25) is 0 Å². The number of fused-ring (bicyclic) bond motifs is 2. The zero-order valence-corrected chi connectivity index (χ0v) is 24.1. The summed E-state index contributed by atoms with van der Waals surface area (Å²) in [5.74, 6) is -0.777. The highest BCUT2D eigenvalue weighted by atomic mass is 16.7. The van der Waals surface area contributed by atoms with E-state index in [0.29, 0.717) is 37.2 Å². The third-order valence-electron chi connectivity index (χ3n) is 7.23. The molecule has 2 aliphatic heterocycles. The van der Waals surface area contributed by atoms with Crippen LogP contribution in [0.15, 0.2) is 73.3 Å². The Morgan fingerprint density at radius 3 is 2.20 bits per heavy atom. The van der Waals surface area contributed by atoms with E-state index in [2.05, 4.69) is 6.58 Å². The molecule has 11 nitrogen and oxygen atoms in total. The molecule has 0 spiro atoms. The van der Waals surface area contributed by atoms with Gasteiger partial charge in [-0.25, -0.2) is 19.2 Å². The van der Waals surface area contributed by atoms with Crippen LogP contribution in [0.5, 0.6) is 11.5 Å². The number of rotatable bonds is 11. The maximum Gasteiger partial charge on any atom is 0.513 e. The molecule has 2 aliphatic rings. The van der Waals surface area contributed by atoms with Gasteiger partial charge in [-0.05, 0) is 72.1 Å². The lowest BCUT2D eigenvalue weighted by atomic mass is 10.0. The highest BCUT2D eigenvalue weighted by Gasteiger charge is 2.47. The Kier molecular flexibility index (Phi) is 9.88. The predicted molar refractivity (Wildman–Crippen MR) is 156 cm³/mol. The highest BCUT2D eigenvalue weighted by molar-refractivity contribution is 5.97. The molecule has 0 aliphatic carbocycles. The summed E-state index contributed by atoms with van der Waals surface area (Å²) < 4.78 is 37.7. The fourth-order valence-electron chi connectivity index (χ4n) is 4.92. The van der Waals surface area contributed by atoms with Crippen molar-refractivity contribution in [2.45, 2.75) is 38.1 Å². The summed E-state index contributed by atoms with van der Waals surface area (Å²) in [6, 6.07) is 16.0. The molecule has 0 radical (unpaired) electrons. The molecule has 0 bridgehead atoms. The third kappa shape index (κ3) is 7.61. The number of benzene rings is 3. The van der Waals surface area contributed by atoms with Gasteiger partial charge < -0.3 is 33.2 Å². The zero-order chi connectivity index (χ0) is 31.1. The molecule has 2 fully saturated rings. The summed E-state index contributed by atoms with van der Waals surface area (Å²) in [7, 11) is 0. The van der Waals surface area contributed by atoms with Crippen LogP contribution in [0.25, 0.3) is 10.8 Å². The molecule has 2 heterocycles. The number of carbonyl (C=O) groups is 4. The van der Waals surface area contributed by atoms with Crippen molar-refractivity contribution in [2.75, 3.05) is 26.4 Å². The summed E-state index contributed by atoms with van der Waals surface area (Å²) in [5, 5.41) is 1.46. The lowest BCUT2D eigenvalue weighted by molar-refractivity contribution is -0.137. The fraction of sp³-hybridized carbons (Fsp3) is 0.333. The van der Waals surface area contributed by atoms with Crippen molar-refractivity contribution in [1.29, 1.82) is 0 Å². The minimum absolute atomic E-state index is 0.0609. The molecule has 230 valence electrons. The molecule has 11 heteroatoms.